The van der Waals surface area contributed by atoms with Crippen molar-refractivity contribution < 1.29 is 9.13 Å². The van der Waals surface area contributed by atoms with Crippen LogP contribution in [0.5, 0.6) is 0 Å². The third-order valence-corrected chi connectivity index (χ3v) is 2.44. The molecule has 1 heterocycles. The summed E-state index contributed by atoms with van der Waals surface area (Å²) in [7, 11) is 1.58. The topological polar surface area (TPSA) is 37.9 Å². The second-order valence-corrected chi connectivity index (χ2v) is 3.92. The van der Waals surface area contributed by atoms with E-state index in [1.165, 1.54) is 6.07 Å². The smallest absolute Gasteiger partial charge is 0.142 e. The Morgan fingerprint density at radius 1 is 1.41 bits per heavy atom. The molecule has 1 aromatic carbocycles. The highest BCUT2D eigenvalue weighted by molar-refractivity contribution is 7.71. The summed E-state index contributed by atoms with van der Waals surface area (Å²) in [6, 6.07) is 8.12. The van der Waals surface area contributed by atoms with Gasteiger partial charge < -0.3 is 9.72 Å². The molecule has 3 nitrogen and oxygen atoms in total. The van der Waals surface area contributed by atoms with Gasteiger partial charge in [-0.1, -0.05) is 24.4 Å². The summed E-state index contributed by atoms with van der Waals surface area (Å²) in [6.45, 7) is 0.383. The fraction of sp³-hybridized carbons (Fsp3) is 0.167. The van der Waals surface area contributed by atoms with E-state index in [0.29, 0.717) is 22.6 Å². The van der Waals surface area contributed by atoms with Gasteiger partial charge in [0.25, 0.3) is 0 Å². The summed E-state index contributed by atoms with van der Waals surface area (Å²) in [6.07, 6.45) is 0. The maximum Gasteiger partial charge on any atom is 0.142 e. The molecule has 0 fully saturated rings. The first-order chi connectivity index (χ1) is 8.20. The minimum Gasteiger partial charge on any atom is -0.378 e. The van der Waals surface area contributed by atoms with Crippen LogP contribution >= 0.6 is 12.2 Å². The molecule has 1 N–H and O–H groups in total. The molecule has 0 saturated carbocycles. The van der Waals surface area contributed by atoms with Crippen LogP contribution in [0, 0.1) is 10.5 Å². The monoisotopic (exact) mass is 250 g/mol. The van der Waals surface area contributed by atoms with E-state index in [1.807, 2.05) is 0 Å². The second-order valence-electron chi connectivity index (χ2n) is 3.51. The summed E-state index contributed by atoms with van der Waals surface area (Å²) < 4.78 is 19.0. The van der Waals surface area contributed by atoms with Crippen LogP contribution in [0.25, 0.3) is 11.4 Å². The average Bonchev–Trinajstić information content (AvgIpc) is 2.29. The lowest BCUT2D eigenvalue weighted by molar-refractivity contribution is 0.181. The Hall–Kier alpha value is -1.59. The van der Waals surface area contributed by atoms with Gasteiger partial charge in [-0.3, -0.25) is 0 Å². The van der Waals surface area contributed by atoms with Crippen molar-refractivity contribution in [2.45, 2.75) is 6.61 Å². The average molecular weight is 250 g/mol. The van der Waals surface area contributed by atoms with Crippen molar-refractivity contribution in [1.29, 1.82) is 0 Å². The van der Waals surface area contributed by atoms with E-state index >= 15 is 0 Å². The van der Waals surface area contributed by atoms with Crippen LogP contribution in [0.3, 0.4) is 0 Å². The molecule has 0 bridgehead atoms. The maximum absolute atomic E-state index is 13.6. The number of halogens is 1. The predicted molar refractivity (Wildman–Crippen MR) is 65.5 cm³/mol. The fourth-order valence-electron chi connectivity index (χ4n) is 1.52. The van der Waals surface area contributed by atoms with Crippen molar-refractivity contribution in [2.24, 2.45) is 0 Å². The van der Waals surface area contributed by atoms with E-state index in [4.69, 9.17) is 17.0 Å². The number of aromatic nitrogens is 2. The lowest BCUT2D eigenvalue weighted by atomic mass is 10.2. The number of hydrogen-bond donors (Lipinski definition) is 1. The summed E-state index contributed by atoms with van der Waals surface area (Å²) in [5.41, 5.74) is 1.17. The van der Waals surface area contributed by atoms with Crippen molar-refractivity contribution in [3.05, 3.63) is 46.5 Å². The number of nitrogens with zero attached hydrogens (tertiary/aromatic N) is 1. The largest absolute Gasteiger partial charge is 0.378 e. The molecule has 0 atom stereocenters. The predicted octanol–water partition coefficient (Wildman–Crippen LogP) is 3.09. The van der Waals surface area contributed by atoms with Crippen molar-refractivity contribution in [3.8, 4) is 11.4 Å². The molecule has 2 rings (SSSR count). The van der Waals surface area contributed by atoms with Gasteiger partial charge in [-0.05, 0) is 18.2 Å². The number of methoxy groups -OCH3 is 1. The second kappa shape index (κ2) is 5.16. The third kappa shape index (κ3) is 2.75. The first-order valence-electron chi connectivity index (χ1n) is 5.05. The van der Waals surface area contributed by atoms with E-state index in [-0.39, 0.29) is 5.82 Å². The minimum absolute atomic E-state index is 0.333. The molecule has 1 aromatic heterocycles. The zero-order valence-electron chi connectivity index (χ0n) is 9.24. The molecule has 17 heavy (non-hydrogen) atoms. The third-order valence-electron chi connectivity index (χ3n) is 2.23. The van der Waals surface area contributed by atoms with Gasteiger partial charge in [0, 0.05) is 12.8 Å². The number of benzene rings is 1. The number of rotatable bonds is 3. The lowest BCUT2D eigenvalue weighted by Gasteiger charge is -2.06. The summed E-state index contributed by atoms with van der Waals surface area (Å²) >= 11 is 5.04. The molecule has 2 aromatic rings. The van der Waals surface area contributed by atoms with Gasteiger partial charge in [0.1, 0.15) is 16.3 Å². The van der Waals surface area contributed by atoms with Crippen LogP contribution in [0.1, 0.15) is 5.69 Å². The van der Waals surface area contributed by atoms with Gasteiger partial charge in [-0.15, -0.1) is 0 Å². The molecule has 5 heteroatoms. The van der Waals surface area contributed by atoms with E-state index in [0.717, 1.165) is 5.69 Å². The molecule has 88 valence electrons. The zero-order valence-corrected chi connectivity index (χ0v) is 10.1. The highest BCUT2D eigenvalue weighted by atomic mass is 32.1. The van der Waals surface area contributed by atoms with E-state index in [2.05, 4.69) is 9.97 Å². The first-order valence-corrected chi connectivity index (χ1v) is 5.45. The molecule has 0 amide bonds. The van der Waals surface area contributed by atoms with Crippen LogP contribution in [-0.4, -0.2) is 17.1 Å². The molecular weight excluding hydrogens is 239 g/mol. The van der Waals surface area contributed by atoms with Crippen molar-refractivity contribution in [3.63, 3.8) is 0 Å². The molecule has 0 saturated heterocycles. The Bertz CT molecular complexity index is 583. The van der Waals surface area contributed by atoms with E-state index < -0.39 is 0 Å². The molecule has 0 radical (unpaired) electrons. The van der Waals surface area contributed by atoms with Crippen LogP contribution in [0.4, 0.5) is 4.39 Å². The summed E-state index contributed by atoms with van der Waals surface area (Å²) in [4.78, 5) is 7.11. The maximum atomic E-state index is 13.6. The van der Waals surface area contributed by atoms with Gasteiger partial charge in [-0.25, -0.2) is 9.37 Å². The van der Waals surface area contributed by atoms with Gasteiger partial charge >= 0.3 is 0 Å². The Morgan fingerprint density at radius 2 is 2.18 bits per heavy atom. The number of nitrogens with one attached hydrogen (secondary N) is 1. The fourth-order valence-corrected chi connectivity index (χ4v) is 1.76. The highest BCUT2D eigenvalue weighted by Crippen LogP contribution is 2.18. The normalized spacial score (nSPS) is 10.5. The van der Waals surface area contributed by atoms with Crippen LogP contribution in [-0.2, 0) is 11.3 Å². The van der Waals surface area contributed by atoms with Gasteiger partial charge in [-0.2, -0.15) is 0 Å². The Kier molecular flexibility index (Phi) is 3.61. The van der Waals surface area contributed by atoms with Crippen molar-refractivity contribution >= 4 is 12.2 Å². The van der Waals surface area contributed by atoms with Crippen LogP contribution in [0.2, 0.25) is 0 Å². The zero-order chi connectivity index (χ0) is 12.3. The SMILES string of the molecule is COCc1cc(=S)nc(-c2ccccc2F)[nH]1. The van der Waals surface area contributed by atoms with E-state index in [9.17, 15) is 4.39 Å². The van der Waals surface area contributed by atoms with Gasteiger partial charge in [0.05, 0.1) is 12.2 Å². The summed E-state index contributed by atoms with van der Waals surface area (Å²) in [5.74, 6) is 0.0860. The van der Waals surface area contributed by atoms with Gasteiger partial charge in [0.15, 0.2) is 0 Å². The molecule has 0 aliphatic heterocycles. The Morgan fingerprint density at radius 3 is 2.88 bits per heavy atom. The standard InChI is InChI=1S/C12H11FN2OS/c1-16-7-8-6-11(17)15-12(14-8)9-4-2-3-5-10(9)13/h2-6H,7H2,1H3,(H,14,15,17). The number of H-pyrrole nitrogens is 1. The molecule has 0 unspecified atom stereocenters. The molecule has 0 spiro atoms. The summed E-state index contributed by atoms with van der Waals surface area (Å²) in [5, 5.41) is 0. The first kappa shape index (κ1) is 11.9. The molecule has 0 aliphatic carbocycles. The number of hydrogen-bond acceptors (Lipinski definition) is 3. The Labute approximate surface area is 103 Å². The van der Waals surface area contributed by atoms with Crippen molar-refractivity contribution in [2.75, 3.05) is 7.11 Å². The molecular formula is C12H11FN2OS. The number of ether oxygens (including phenoxy) is 1. The quantitative estimate of drug-likeness (QED) is 0.851. The minimum atomic E-state index is -0.333. The van der Waals surface area contributed by atoms with Gasteiger partial charge in [0.2, 0.25) is 0 Å². The van der Waals surface area contributed by atoms with Crippen molar-refractivity contribution in [1.82, 2.24) is 9.97 Å². The lowest BCUT2D eigenvalue weighted by Crippen LogP contribution is -1.98. The highest BCUT2D eigenvalue weighted by Gasteiger charge is 2.07. The number of aromatic amines is 1. The molecule has 0 aliphatic rings. The van der Waals surface area contributed by atoms with Crippen LogP contribution < -0.4 is 0 Å². The Balaban J connectivity index is 2.52. The van der Waals surface area contributed by atoms with E-state index in [1.54, 1.807) is 31.4 Å². The van der Waals surface area contributed by atoms with Crippen LogP contribution in [0.15, 0.2) is 30.3 Å².